The van der Waals surface area contributed by atoms with Crippen molar-refractivity contribution in [3.63, 3.8) is 0 Å². The lowest BCUT2D eigenvalue weighted by molar-refractivity contribution is 0.591. The van der Waals surface area contributed by atoms with E-state index in [-0.39, 0.29) is 5.41 Å². The molecule has 0 bridgehead atoms. The fourth-order valence-corrected chi connectivity index (χ4v) is 6.83. The van der Waals surface area contributed by atoms with Gasteiger partial charge in [0, 0.05) is 42.8 Å². The number of aromatic nitrogens is 3. The molecule has 0 atom stereocenters. The largest absolute Gasteiger partial charge is 0.437 e. The highest BCUT2D eigenvalue weighted by atomic mass is 32.1. The van der Waals surface area contributed by atoms with E-state index in [1.165, 1.54) is 25.7 Å². The van der Waals surface area contributed by atoms with Crippen molar-refractivity contribution in [2.45, 2.75) is 26.2 Å². The molecule has 4 nitrogen and oxygen atoms in total. The van der Waals surface area contributed by atoms with Gasteiger partial charge in [0.1, 0.15) is 11.4 Å². The number of para-hydroxylation sites is 3. The van der Waals surface area contributed by atoms with Crippen molar-refractivity contribution in [3.8, 4) is 17.1 Å². The maximum Gasteiger partial charge on any atom is 0.227 e. The molecule has 0 aliphatic heterocycles. The van der Waals surface area contributed by atoms with Gasteiger partial charge in [-0.3, -0.25) is 4.57 Å². The lowest BCUT2D eigenvalue weighted by atomic mass is 9.87. The number of furan rings is 1. The smallest absolute Gasteiger partial charge is 0.227 e. The number of benzene rings is 4. The summed E-state index contributed by atoms with van der Waals surface area (Å²) in [5.74, 6) is 0.858. The lowest BCUT2D eigenvalue weighted by Crippen LogP contribution is -2.10. The van der Waals surface area contributed by atoms with Crippen molar-refractivity contribution in [1.82, 2.24) is 14.5 Å². The van der Waals surface area contributed by atoms with Gasteiger partial charge in [0.15, 0.2) is 0 Å². The fraction of sp³-hybridized carbons (Fsp3) is 0.118. The second-order valence-corrected chi connectivity index (χ2v) is 12.2. The normalized spacial score (nSPS) is 12.5. The minimum absolute atomic E-state index is 0.118. The summed E-state index contributed by atoms with van der Waals surface area (Å²) in [6.07, 6.45) is 1.77. The molecule has 5 heteroatoms. The molecule has 0 fully saturated rings. The van der Waals surface area contributed by atoms with Gasteiger partial charge in [0.05, 0.1) is 16.6 Å². The highest BCUT2D eigenvalue weighted by Crippen LogP contribution is 2.40. The minimum Gasteiger partial charge on any atom is -0.437 e. The fourth-order valence-electron chi connectivity index (χ4n) is 5.65. The van der Waals surface area contributed by atoms with Crippen LogP contribution in [0, 0.1) is 0 Å². The Morgan fingerprint density at radius 3 is 2.41 bits per heavy atom. The molecular weight excluding hydrogens is 498 g/mol. The quantitative estimate of drug-likeness (QED) is 0.226. The SMILES string of the molecule is CC(C)(C)c1ccc2c(c1)sc1cc(-n3c(-c4cccc5c4oc4ncccc45)nc4ccccc43)ccc12. The van der Waals surface area contributed by atoms with E-state index < -0.39 is 0 Å². The second kappa shape index (κ2) is 8.01. The highest BCUT2D eigenvalue weighted by molar-refractivity contribution is 7.25. The first-order chi connectivity index (χ1) is 19.0. The molecule has 4 heterocycles. The van der Waals surface area contributed by atoms with Crippen molar-refractivity contribution in [3.05, 3.63) is 103 Å². The summed E-state index contributed by atoms with van der Waals surface area (Å²) in [4.78, 5) is 9.59. The standard InChI is InChI=1S/C34H25N3OS/c1-34(2,3)20-13-15-22-23-16-14-21(19-30(23)39-29(22)18-20)37-28-12-5-4-11-27(28)36-32(37)26-9-6-8-24-25-10-7-17-35-33(25)38-31(24)26/h4-19H,1-3H3. The summed E-state index contributed by atoms with van der Waals surface area (Å²) in [6, 6.07) is 32.3. The predicted octanol–water partition coefficient (Wildman–Crippen LogP) is 9.65. The zero-order valence-electron chi connectivity index (χ0n) is 21.9. The number of nitrogens with zero attached hydrogens (tertiary/aromatic N) is 3. The molecule has 0 radical (unpaired) electrons. The van der Waals surface area contributed by atoms with E-state index in [0.717, 1.165) is 44.5 Å². The minimum atomic E-state index is 0.118. The van der Waals surface area contributed by atoms with E-state index in [0.29, 0.717) is 5.71 Å². The third kappa shape index (κ3) is 3.36. The Morgan fingerprint density at radius 1 is 0.744 bits per heavy atom. The first kappa shape index (κ1) is 22.5. The van der Waals surface area contributed by atoms with Crippen LogP contribution in [0.5, 0.6) is 0 Å². The molecule has 0 unspecified atom stereocenters. The molecule has 4 aromatic carbocycles. The van der Waals surface area contributed by atoms with Crippen LogP contribution < -0.4 is 0 Å². The zero-order chi connectivity index (χ0) is 26.3. The van der Waals surface area contributed by atoms with Crippen molar-refractivity contribution in [2.24, 2.45) is 0 Å². The molecule has 4 aromatic heterocycles. The highest BCUT2D eigenvalue weighted by Gasteiger charge is 2.21. The van der Waals surface area contributed by atoms with Crippen molar-refractivity contribution >= 4 is 64.6 Å². The van der Waals surface area contributed by atoms with Gasteiger partial charge in [-0.15, -0.1) is 11.3 Å². The van der Waals surface area contributed by atoms with E-state index >= 15 is 0 Å². The van der Waals surface area contributed by atoms with Crippen LogP contribution >= 0.6 is 11.3 Å². The summed E-state index contributed by atoms with van der Waals surface area (Å²) in [5.41, 5.74) is 6.97. The maximum atomic E-state index is 6.31. The Hall–Kier alpha value is -4.48. The molecule has 0 aliphatic rings. The van der Waals surface area contributed by atoms with Gasteiger partial charge in [-0.05, 0) is 59.5 Å². The van der Waals surface area contributed by atoms with Crippen LogP contribution in [-0.4, -0.2) is 14.5 Å². The van der Waals surface area contributed by atoms with Gasteiger partial charge < -0.3 is 4.42 Å². The van der Waals surface area contributed by atoms with Gasteiger partial charge in [-0.1, -0.05) is 63.2 Å². The van der Waals surface area contributed by atoms with Crippen LogP contribution in [-0.2, 0) is 5.41 Å². The third-order valence-electron chi connectivity index (χ3n) is 7.66. The summed E-state index contributed by atoms with van der Waals surface area (Å²) >= 11 is 1.86. The van der Waals surface area contributed by atoms with Crippen molar-refractivity contribution < 1.29 is 4.42 Å². The first-order valence-electron chi connectivity index (χ1n) is 13.2. The van der Waals surface area contributed by atoms with E-state index in [1.54, 1.807) is 6.20 Å². The van der Waals surface area contributed by atoms with Gasteiger partial charge in [-0.2, -0.15) is 0 Å². The van der Waals surface area contributed by atoms with Gasteiger partial charge >= 0.3 is 0 Å². The van der Waals surface area contributed by atoms with Crippen LogP contribution in [0.15, 0.2) is 102 Å². The number of pyridine rings is 1. The van der Waals surface area contributed by atoms with E-state index in [4.69, 9.17) is 9.40 Å². The van der Waals surface area contributed by atoms with Gasteiger partial charge in [0.25, 0.3) is 0 Å². The number of hydrogen-bond donors (Lipinski definition) is 0. The topological polar surface area (TPSA) is 43.9 Å². The van der Waals surface area contributed by atoms with Crippen LogP contribution in [0.3, 0.4) is 0 Å². The summed E-state index contributed by atoms with van der Waals surface area (Å²) in [6.45, 7) is 6.80. The Bertz CT molecular complexity index is 2230. The van der Waals surface area contributed by atoms with Crippen LogP contribution in [0.25, 0.3) is 70.3 Å². The Balaban J connectivity index is 1.39. The molecule has 0 spiro atoms. The maximum absolute atomic E-state index is 6.31. The molecule has 39 heavy (non-hydrogen) atoms. The zero-order valence-corrected chi connectivity index (χ0v) is 22.7. The molecule has 0 saturated heterocycles. The Kier molecular flexibility index (Phi) is 4.62. The van der Waals surface area contributed by atoms with Crippen LogP contribution in [0.1, 0.15) is 26.3 Å². The van der Waals surface area contributed by atoms with Crippen molar-refractivity contribution in [2.75, 3.05) is 0 Å². The molecule has 188 valence electrons. The van der Waals surface area contributed by atoms with E-state index in [9.17, 15) is 0 Å². The van der Waals surface area contributed by atoms with Crippen LogP contribution in [0.2, 0.25) is 0 Å². The summed E-state index contributed by atoms with van der Waals surface area (Å²) in [5, 5.41) is 4.66. The second-order valence-electron chi connectivity index (χ2n) is 11.1. The lowest BCUT2D eigenvalue weighted by Gasteiger charge is -2.18. The number of hydrogen-bond acceptors (Lipinski definition) is 4. The Labute approximate surface area is 229 Å². The number of thiophene rings is 1. The molecule has 8 rings (SSSR count). The Morgan fingerprint density at radius 2 is 1.54 bits per heavy atom. The molecule has 0 saturated carbocycles. The van der Waals surface area contributed by atoms with Crippen LogP contribution in [0.4, 0.5) is 0 Å². The molecule has 0 aliphatic carbocycles. The van der Waals surface area contributed by atoms with Gasteiger partial charge in [0.2, 0.25) is 5.71 Å². The number of rotatable bonds is 2. The third-order valence-corrected chi connectivity index (χ3v) is 8.77. The number of fused-ring (bicyclic) bond motifs is 7. The molecule has 0 amide bonds. The summed E-state index contributed by atoms with van der Waals surface area (Å²) < 4.78 is 11.2. The average Bonchev–Trinajstić information content (AvgIpc) is 3.62. The van der Waals surface area contributed by atoms with E-state index in [1.807, 2.05) is 23.5 Å². The molecular formula is C34H25N3OS. The first-order valence-corrected chi connectivity index (χ1v) is 14.0. The predicted molar refractivity (Wildman–Crippen MR) is 163 cm³/mol. The van der Waals surface area contributed by atoms with E-state index in [2.05, 4.69) is 109 Å². The number of imidazole rings is 1. The van der Waals surface area contributed by atoms with Crippen molar-refractivity contribution in [1.29, 1.82) is 0 Å². The monoisotopic (exact) mass is 523 g/mol. The molecule has 0 N–H and O–H groups in total. The van der Waals surface area contributed by atoms with Gasteiger partial charge in [-0.25, -0.2) is 9.97 Å². The average molecular weight is 524 g/mol. The molecule has 8 aromatic rings. The summed E-state index contributed by atoms with van der Waals surface area (Å²) in [7, 11) is 0.